The number of hydrogen-bond donors (Lipinski definition) is 1. The number of aromatic hydroxyl groups is 1. The van der Waals surface area contributed by atoms with E-state index in [4.69, 9.17) is 9.47 Å². The minimum Gasteiger partial charge on any atom is -0.504 e. The average Bonchev–Trinajstić information content (AvgIpc) is 3.37. The van der Waals surface area contributed by atoms with Gasteiger partial charge in [0.2, 0.25) is 0 Å². The number of carbonyl (C=O) groups excluding carboxylic acids is 2. The summed E-state index contributed by atoms with van der Waals surface area (Å²) in [5, 5.41) is 11.0. The largest absolute Gasteiger partial charge is 0.504 e. The Balaban J connectivity index is 1.28. The Morgan fingerprint density at radius 3 is 2.56 bits per heavy atom. The van der Waals surface area contributed by atoms with Crippen molar-refractivity contribution in [3.63, 3.8) is 0 Å². The van der Waals surface area contributed by atoms with Crippen molar-refractivity contribution >= 4 is 11.9 Å². The van der Waals surface area contributed by atoms with E-state index in [1.54, 1.807) is 18.0 Å². The van der Waals surface area contributed by atoms with Crippen molar-refractivity contribution in [2.24, 2.45) is 0 Å². The highest BCUT2D eigenvalue weighted by Gasteiger charge is 2.75. The summed E-state index contributed by atoms with van der Waals surface area (Å²) >= 11 is 0. The van der Waals surface area contributed by atoms with Crippen molar-refractivity contribution in [1.29, 1.82) is 0 Å². The van der Waals surface area contributed by atoms with Gasteiger partial charge >= 0.3 is 5.97 Å². The van der Waals surface area contributed by atoms with Gasteiger partial charge < -0.3 is 19.5 Å². The fraction of sp³-hybridized carbons (Fsp3) is 0.389. The average molecular weight is 577 g/mol. The maximum atomic E-state index is 13.5. The molecule has 2 heterocycles. The maximum Gasteiger partial charge on any atom is 0.303 e. The number of benzene rings is 3. The number of hydrogen-bond acceptors (Lipinski definition) is 6. The molecule has 1 spiro atoms. The number of nitrogens with zero attached hydrogens (tertiary/aromatic N) is 2. The zero-order valence-corrected chi connectivity index (χ0v) is 24.6. The molecule has 7 nitrogen and oxygen atoms in total. The lowest BCUT2D eigenvalue weighted by Crippen LogP contribution is -2.79. The Morgan fingerprint density at radius 1 is 1.07 bits per heavy atom. The molecule has 220 valence electrons. The van der Waals surface area contributed by atoms with E-state index in [0.29, 0.717) is 31.4 Å². The summed E-state index contributed by atoms with van der Waals surface area (Å²) in [6, 6.07) is 23.3. The second-order valence-electron chi connectivity index (χ2n) is 12.3. The highest BCUT2D eigenvalue weighted by atomic mass is 16.6. The van der Waals surface area contributed by atoms with Crippen LogP contribution in [0.3, 0.4) is 0 Å². The summed E-state index contributed by atoms with van der Waals surface area (Å²) in [5.41, 5.74) is 2.58. The number of phenols is 1. The molecule has 7 heteroatoms. The Hall–Kier alpha value is -4.28. The van der Waals surface area contributed by atoms with E-state index in [2.05, 4.69) is 41.0 Å². The standard InChI is InChI=1S/C36H36N2O5/c1-24(39)43-36-19-17-28(37(2)31(41)16-13-25-9-5-3-6-10-25)34-35(36)20-22-38(21-18-26-11-7-4-8-12-26)30(36)23-27-14-15-29(40)33(42-34)32(27)35/h3-12,14-15,28,30,34,40H,17-23H2,1-2H3/t28-,30+,34-,35-,36+/m0/s1. The molecule has 5 atom stereocenters. The van der Waals surface area contributed by atoms with E-state index in [1.807, 2.05) is 42.5 Å². The van der Waals surface area contributed by atoms with Crippen LogP contribution < -0.4 is 4.74 Å². The van der Waals surface area contributed by atoms with Crippen LogP contribution in [0.1, 0.15) is 48.4 Å². The highest BCUT2D eigenvalue weighted by molar-refractivity contribution is 5.94. The summed E-state index contributed by atoms with van der Waals surface area (Å²) in [4.78, 5) is 30.6. The third-order valence-electron chi connectivity index (χ3n) is 10.3. The Kier molecular flexibility index (Phi) is 6.70. The molecule has 2 bridgehead atoms. The predicted molar refractivity (Wildman–Crippen MR) is 162 cm³/mol. The van der Waals surface area contributed by atoms with Crippen molar-refractivity contribution in [3.05, 3.63) is 95.1 Å². The van der Waals surface area contributed by atoms with Crippen LogP contribution in [0.2, 0.25) is 0 Å². The van der Waals surface area contributed by atoms with Gasteiger partial charge in [0, 0.05) is 37.6 Å². The number of likely N-dealkylation sites (N-methyl/N-ethyl adjacent to an activating group) is 1. The maximum absolute atomic E-state index is 13.5. The third-order valence-corrected chi connectivity index (χ3v) is 10.3. The molecule has 2 aliphatic carbocycles. The quantitative estimate of drug-likeness (QED) is 0.362. The number of likely N-dealkylation sites (tertiary alicyclic amines) is 1. The fourth-order valence-electron chi connectivity index (χ4n) is 8.51. The molecule has 43 heavy (non-hydrogen) atoms. The number of phenolic OH excluding ortho intramolecular Hbond substituents is 1. The molecule has 1 saturated carbocycles. The molecule has 7 rings (SSSR count). The normalized spacial score (nSPS) is 28.1. The second-order valence-corrected chi connectivity index (χ2v) is 12.3. The molecule has 3 aromatic rings. The van der Waals surface area contributed by atoms with Crippen molar-refractivity contribution in [2.75, 3.05) is 20.1 Å². The topological polar surface area (TPSA) is 79.3 Å². The van der Waals surface area contributed by atoms with Gasteiger partial charge in [0.15, 0.2) is 11.5 Å². The van der Waals surface area contributed by atoms with Gasteiger partial charge in [0.25, 0.3) is 5.91 Å². The molecule has 2 fully saturated rings. The van der Waals surface area contributed by atoms with E-state index < -0.39 is 17.1 Å². The molecule has 0 aromatic heterocycles. The van der Waals surface area contributed by atoms with Gasteiger partial charge in [-0.2, -0.15) is 0 Å². The Morgan fingerprint density at radius 2 is 1.81 bits per heavy atom. The van der Waals surface area contributed by atoms with Crippen LogP contribution >= 0.6 is 0 Å². The molecule has 1 N–H and O–H groups in total. The minimum atomic E-state index is -0.847. The lowest BCUT2D eigenvalue weighted by Gasteiger charge is -2.65. The number of esters is 1. The summed E-state index contributed by atoms with van der Waals surface area (Å²) in [6.07, 6.45) is 2.96. The van der Waals surface area contributed by atoms with Crippen LogP contribution in [-0.2, 0) is 32.6 Å². The van der Waals surface area contributed by atoms with Gasteiger partial charge in [-0.15, -0.1) is 0 Å². The van der Waals surface area contributed by atoms with Gasteiger partial charge in [0.1, 0.15) is 11.7 Å². The number of amides is 1. The van der Waals surface area contributed by atoms with Crippen LogP contribution in [0.5, 0.6) is 11.5 Å². The van der Waals surface area contributed by atoms with Crippen molar-refractivity contribution in [3.8, 4) is 23.3 Å². The zero-order valence-electron chi connectivity index (χ0n) is 24.6. The predicted octanol–water partition coefficient (Wildman–Crippen LogP) is 4.24. The summed E-state index contributed by atoms with van der Waals surface area (Å²) in [5.74, 6) is 5.75. The molecular weight excluding hydrogens is 540 g/mol. The summed E-state index contributed by atoms with van der Waals surface area (Å²) in [6.45, 7) is 3.13. The Labute approximate surface area is 252 Å². The van der Waals surface area contributed by atoms with E-state index >= 15 is 0 Å². The van der Waals surface area contributed by atoms with E-state index in [0.717, 1.165) is 36.2 Å². The lowest BCUT2D eigenvalue weighted by molar-refractivity contribution is -0.223. The molecule has 4 aliphatic rings. The van der Waals surface area contributed by atoms with Crippen molar-refractivity contribution in [1.82, 2.24) is 9.80 Å². The van der Waals surface area contributed by atoms with Gasteiger partial charge in [-0.25, -0.2) is 0 Å². The number of carbonyl (C=O) groups is 2. The monoisotopic (exact) mass is 576 g/mol. The minimum absolute atomic E-state index is 0.0530. The molecule has 2 aliphatic heterocycles. The summed E-state index contributed by atoms with van der Waals surface area (Å²) < 4.78 is 13.3. The first-order valence-corrected chi connectivity index (χ1v) is 15.2. The first-order chi connectivity index (χ1) is 20.8. The van der Waals surface area contributed by atoms with Crippen LogP contribution in [0.4, 0.5) is 0 Å². The highest BCUT2D eigenvalue weighted by Crippen LogP contribution is 2.67. The molecule has 1 saturated heterocycles. The number of ether oxygens (including phenoxy) is 2. The SMILES string of the molecule is CC(=O)O[C@@]12CC[C@H](N(C)C(=O)C#Cc3ccccc3)[C@@H]3Oc4c(O)ccc5c4[C@@]31CCN(CCc1ccccc1)[C@@H]2C5. The van der Waals surface area contributed by atoms with E-state index in [-0.39, 0.29) is 29.7 Å². The van der Waals surface area contributed by atoms with Crippen molar-refractivity contribution in [2.45, 2.75) is 68.2 Å². The zero-order chi connectivity index (χ0) is 29.8. The van der Waals surface area contributed by atoms with E-state index in [9.17, 15) is 14.7 Å². The molecule has 1 amide bonds. The summed E-state index contributed by atoms with van der Waals surface area (Å²) in [7, 11) is 1.78. The van der Waals surface area contributed by atoms with Gasteiger partial charge in [-0.05, 0) is 68.0 Å². The fourth-order valence-corrected chi connectivity index (χ4v) is 8.51. The van der Waals surface area contributed by atoms with Crippen LogP contribution in [-0.4, -0.2) is 70.7 Å². The lowest BCUT2D eigenvalue weighted by atomic mass is 9.48. The van der Waals surface area contributed by atoms with Crippen LogP contribution in [0.15, 0.2) is 72.8 Å². The van der Waals surface area contributed by atoms with Crippen molar-refractivity contribution < 1.29 is 24.2 Å². The van der Waals surface area contributed by atoms with Crippen LogP contribution in [0, 0.1) is 11.8 Å². The van der Waals surface area contributed by atoms with E-state index in [1.165, 1.54) is 12.5 Å². The number of rotatable bonds is 5. The molecule has 3 aromatic carbocycles. The molecule has 0 radical (unpaired) electrons. The van der Waals surface area contributed by atoms with Crippen LogP contribution in [0.25, 0.3) is 0 Å². The first-order valence-electron chi connectivity index (χ1n) is 15.2. The van der Waals surface area contributed by atoms with Gasteiger partial charge in [-0.3, -0.25) is 14.5 Å². The molecular formula is C36H36N2O5. The first kappa shape index (κ1) is 27.5. The number of piperidine rings is 1. The third kappa shape index (κ3) is 4.23. The molecule has 0 unspecified atom stereocenters. The van der Waals surface area contributed by atoms with Gasteiger partial charge in [-0.1, -0.05) is 60.5 Å². The van der Waals surface area contributed by atoms with Gasteiger partial charge in [0.05, 0.1) is 17.5 Å². The Bertz CT molecular complexity index is 1630. The second kappa shape index (κ2) is 10.5. The smallest absolute Gasteiger partial charge is 0.303 e.